The molecule has 0 unspecified atom stereocenters. The van der Waals surface area contributed by atoms with Gasteiger partial charge in [-0.05, 0) is 65.4 Å². The molecule has 4 heteroatoms. The fourth-order valence-electron chi connectivity index (χ4n) is 4.12. The Kier molecular flexibility index (Phi) is 6.02. The van der Waals surface area contributed by atoms with E-state index in [-0.39, 0.29) is 17.0 Å². The van der Waals surface area contributed by atoms with E-state index in [0.717, 1.165) is 41.6 Å². The van der Waals surface area contributed by atoms with Gasteiger partial charge in [0.1, 0.15) is 11.6 Å². The third-order valence-corrected chi connectivity index (χ3v) is 5.76. The van der Waals surface area contributed by atoms with Crippen molar-refractivity contribution in [3.63, 3.8) is 0 Å². The van der Waals surface area contributed by atoms with Gasteiger partial charge in [0.25, 0.3) is 0 Å². The van der Waals surface area contributed by atoms with Crippen LogP contribution in [0.25, 0.3) is 11.1 Å². The molecule has 150 valence electrons. The highest BCUT2D eigenvalue weighted by Gasteiger charge is 2.34. The van der Waals surface area contributed by atoms with Crippen LogP contribution in [0.2, 0.25) is 0 Å². The van der Waals surface area contributed by atoms with Gasteiger partial charge in [0.05, 0.1) is 0 Å². The van der Waals surface area contributed by atoms with Crippen molar-refractivity contribution in [2.24, 2.45) is 0 Å². The first kappa shape index (κ1) is 19.7. The molecular formula is C25H25F2NO. The molecule has 0 bridgehead atoms. The number of nitrogens with one attached hydrogen (secondary N) is 1. The van der Waals surface area contributed by atoms with E-state index in [2.05, 4.69) is 17.4 Å². The molecule has 1 aliphatic heterocycles. The van der Waals surface area contributed by atoms with Gasteiger partial charge < -0.3 is 10.1 Å². The van der Waals surface area contributed by atoms with Crippen molar-refractivity contribution in [2.75, 3.05) is 19.8 Å². The van der Waals surface area contributed by atoms with E-state index in [9.17, 15) is 8.78 Å². The van der Waals surface area contributed by atoms with Gasteiger partial charge >= 0.3 is 0 Å². The third-order valence-electron chi connectivity index (χ3n) is 5.76. The summed E-state index contributed by atoms with van der Waals surface area (Å²) in [6.45, 7) is 2.82. The van der Waals surface area contributed by atoms with Gasteiger partial charge in [0, 0.05) is 31.7 Å². The molecule has 2 nitrogen and oxygen atoms in total. The Morgan fingerprint density at radius 1 is 0.793 bits per heavy atom. The normalized spacial score (nSPS) is 15.9. The lowest BCUT2D eigenvalue weighted by molar-refractivity contribution is 0.0497. The molecule has 4 rings (SSSR count). The molecule has 0 aliphatic carbocycles. The maximum absolute atomic E-state index is 13.8. The molecule has 0 aromatic heterocycles. The Morgan fingerprint density at radius 3 is 2.17 bits per heavy atom. The Hall–Kier alpha value is -2.56. The zero-order valence-electron chi connectivity index (χ0n) is 16.3. The van der Waals surface area contributed by atoms with E-state index >= 15 is 0 Å². The largest absolute Gasteiger partial charge is 0.381 e. The van der Waals surface area contributed by atoms with E-state index in [1.807, 2.05) is 24.3 Å². The Labute approximate surface area is 170 Å². The van der Waals surface area contributed by atoms with E-state index in [1.54, 1.807) is 24.3 Å². The summed E-state index contributed by atoms with van der Waals surface area (Å²) < 4.78 is 32.9. The molecule has 1 heterocycles. The summed E-state index contributed by atoms with van der Waals surface area (Å²) in [7, 11) is 0. The highest BCUT2D eigenvalue weighted by atomic mass is 19.1. The number of hydrogen-bond donors (Lipinski definition) is 1. The Balaban J connectivity index is 1.47. The Morgan fingerprint density at radius 2 is 1.45 bits per heavy atom. The molecule has 1 fully saturated rings. The number of benzene rings is 3. The molecule has 0 radical (unpaired) electrons. The fourth-order valence-corrected chi connectivity index (χ4v) is 4.12. The zero-order valence-corrected chi connectivity index (χ0v) is 16.3. The van der Waals surface area contributed by atoms with Crippen molar-refractivity contribution >= 4 is 0 Å². The number of halogens is 2. The molecule has 1 aliphatic rings. The van der Waals surface area contributed by atoms with Gasteiger partial charge in [-0.25, -0.2) is 8.78 Å². The predicted octanol–water partition coefficient (Wildman–Crippen LogP) is 5.47. The fraction of sp³-hybridized carbons (Fsp3) is 0.280. The van der Waals surface area contributed by atoms with Crippen LogP contribution in [0, 0.1) is 11.6 Å². The molecule has 29 heavy (non-hydrogen) atoms. The lowest BCUT2D eigenvalue weighted by Crippen LogP contribution is -2.42. The van der Waals surface area contributed by atoms with Crippen LogP contribution < -0.4 is 5.32 Å². The summed E-state index contributed by atoms with van der Waals surface area (Å²) >= 11 is 0. The molecule has 0 amide bonds. The second-order valence-corrected chi connectivity index (χ2v) is 7.72. The smallest absolute Gasteiger partial charge is 0.123 e. The summed E-state index contributed by atoms with van der Waals surface area (Å²) in [4.78, 5) is 0. The lowest BCUT2D eigenvalue weighted by Gasteiger charge is -2.38. The maximum atomic E-state index is 13.8. The van der Waals surface area contributed by atoms with Gasteiger partial charge in [0.2, 0.25) is 0 Å². The van der Waals surface area contributed by atoms with Gasteiger partial charge in [-0.3, -0.25) is 0 Å². The van der Waals surface area contributed by atoms with Crippen molar-refractivity contribution in [1.82, 2.24) is 5.32 Å². The van der Waals surface area contributed by atoms with Gasteiger partial charge in [-0.15, -0.1) is 0 Å². The monoisotopic (exact) mass is 393 g/mol. The highest BCUT2D eigenvalue weighted by Crippen LogP contribution is 2.34. The molecule has 0 saturated carbocycles. The Bertz CT molecular complexity index is 966. The molecule has 0 spiro atoms. The predicted molar refractivity (Wildman–Crippen MR) is 112 cm³/mol. The zero-order chi connectivity index (χ0) is 20.1. The molecule has 3 aromatic rings. The average molecular weight is 393 g/mol. The van der Waals surface area contributed by atoms with Crippen LogP contribution in [-0.4, -0.2) is 19.8 Å². The van der Waals surface area contributed by atoms with Crippen LogP contribution >= 0.6 is 0 Å². The quantitative estimate of drug-likeness (QED) is 0.600. The number of ether oxygens (including phenoxy) is 1. The van der Waals surface area contributed by atoms with Gasteiger partial charge in [-0.1, -0.05) is 42.5 Å². The highest BCUT2D eigenvalue weighted by molar-refractivity contribution is 5.64. The first-order chi connectivity index (χ1) is 14.1. The standard InChI is InChI=1S/C25H25F2NO/c26-23-8-2-6-21(15-23)20-5-1-4-19(14-20)17-28-18-25(10-12-29-13-11-25)22-7-3-9-24(27)16-22/h1-9,14-16,28H,10-13,17-18H2. The molecule has 0 atom stereocenters. The second kappa shape index (κ2) is 8.85. The SMILES string of the molecule is Fc1cccc(-c2cccc(CNCC3(c4cccc(F)c4)CCOCC3)c2)c1. The van der Waals surface area contributed by atoms with Crippen molar-refractivity contribution in [3.05, 3.63) is 95.6 Å². The van der Waals surface area contributed by atoms with Gasteiger partial charge in [0.15, 0.2) is 0 Å². The van der Waals surface area contributed by atoms with Crippen LogP contribution in [0.15, 0.2) is 72.8 Å². The minimum atomic E-state index is -0.234. The second-order valence-electron chi connectivity index (χ2n) is 7.72. The number of rotatable bonds is 6. The molecule has 1 N–H and O–H groups in total. The van der Waals surface area contributed by atoms with Crippen LogP contribution in [0.1, 0.15) is 24.0 Å². The minimum Gasteiger partial charge on any atom is -0.381 e. The maximum Gasteiger partial charge on any atom is 0.123 e. The summed E-state index contributed by atoms with van der Waals surface area (Å²) in [6, 6.07) is 21.7. The summed E-state index contributed by atoms with van der Waals surface area (Å²) in [5.74, 6) is -0.432. The molecule has 3 aromatic carbocycles. The van der Waals surface area contributed by atoms with Crippen LogP contribution in [0.5, 0.6) is 0 Å². The van der Waals surface area contributed by atoms with Crippen LogP contribution in [-0.2, 0) is 16.7 Å². The van der Waals surface area contributed by atoms with E-state index < -0.39 is 0 Å². The summed E-state index contributed by atoms with van der Waals surface area (Å²) in [5, 5.41) is 3.57. The molecular weight excluding hydrogens is 368 g/mol. The first-order valence-corrected chi connectivity index (χ1v) is 10.0. The number of hydrogen-bond acceptors (Lipinski definition) is 2. The van der Waals surface area contributed by atoms with E-state index in [4.69, 9.17) is 4.74 Å². The van der Waals surface area contributed by atoms with Crippen molar-refractivity contribution in [3.8, 4) is 11.1 Å². The lowest BCUT2D eigenvalue weighted by atomic mass is 9.74. The topological polar surface area (TPSA) is 21.3 Å². The van der Waals surface area contributed by atoms with Crippen molar-refractivity contribution in [1.29, 1.82) is 0 Å². The molecule has 1 saturated heterocycles. The van der Waals surface area contributed by atoms with E-state index in [1.165, 1.54) is 12.1 Å². The third kappa shape index (κ3) is 4.72. The average Bonchev–Trinajstić information content (AvgIpc) is 2.75. The van der Waals surface area contributed by atoms with Crippen LogP contribution in [0.4, 0.5) is 8.78 Å². The van der Waals surface area contributed by atoms with Crippen molar-refractivity contribution < 1.29 is 13.5 Å². The van der Waals surface area contributed by atoms with Crippen molar-refractivity contribution in [2.45, 2.75) is 24.8 Å². The van der Waals surface area contributed by atoms with Gasteiger partial charge in [-0.2, -0.15) is 0 Å². The van der Waals surface area contributed by atoms with Crippen LogP contribution in [0.3, 0.4) is 0 Å². The minimum absolute atomic E-state index is 0.124. The first-order valence-electron chi connectivity index (χ1n) is 10.0. The summed E-state index contributed by atoms with van der Waals surface area (Å²) in [6.07, 6.45) is 1.74. The van der Waals surface area contributed by atoms with E-state index in [0.29, 0.717) is 19.8 Å². The summed E-state index contributed by atoms with van der Waals surface area (Å²) in [5.41, 5.74) is 3.90.